The molecule has 2 aromatic carbocycles. The number of amides is 1. The van der Waals surface area contributed by atoms with Crippen LogP contribution in [0.15, 0.2) is 48.5 Å². The lowest BCUT2D eigenvalue weighted by Gasteiger charge is -2.35. The van der Waals surface area contributed by atoms with E-state index in [1.807, 2.05) is 43.3 Å². The Morgan fingerprint density at radius 1 is 1.00 bits per heavy atom. The van der Waals surface area contributed by atoms with E-state index in [1.165, 1.54) is 4.31 Å². The Bertz CT molecular complexity index is 919. The molecule has 0 bridgehead atoms. The van der Waals surface area contributed by atoms with Crippen molar-refractivity contribution in [2.45, 2.75) is 6.92 Å². The van der Waals surface area contributed by atoms with Crippen LogP contribution in [-0.2, 0) is 10.0 Å². The van der Waals surface area contributed by atoms with E-state index in [4.69, 9.17) is 4.74 Å². The number of nitrogens with zero attached hydrogens (tertiary/aromatic N) is 2. The standard InChI is InChI=1S/C21H27N3O4S/c1-17-3-5-18(6-4-17)21(25)22-11-16-29(26,27)24-14-12-23(13-15-24)19-7-9-20(28-2)10-8-19/h3-10H,11-16H2,1-2H3,(H,22,25). The molecule has 3 rings (SSSR count). The van der Waals surface area contributed by atoms with Gasteiger partial charge in [0, 0.05) is 44.0 Å². The molecule has 156 valence electrons. The maximum atomic E-state index is 12.6. The van der Waals surface area contributed by atoms with E-state index in [0.29, 0.717) is 31.7 Å². The second-order valence-corrected chi connectivity index (χ2v) is 9.11. The Morgan fingerprint density at radius 2 is 1.62 bits per heavy atom. The maximum absolute atomic E-state index is 12.6. The molecule has 0 unspecified atom stereocenters. The van der Waals surface area contributed by atoms with Crippen molar-refractivity contribution in [1.29, 1.82) is 0 Å². The van der Waals surface area contributed by atoms with Gasteiger partial charge in [0.1, 0.15) is 5.75 Å². The summed E-state index contributed by atoms with van der Waals surface area (Å²) in [4.78, 5) is 14.3. The topological polar surface area (TPSA) is 79.0 Å². The van der Waals surface area contributed by atoms with Gasteiger partial charge in [-0.15, -0.1) is 0 Å². The summed E-state index contributed by atoms with van der Waals surface area (Å²) in [6, 6.07) is 14.9. The number of ether oxygens (including phenoxy) is 1. The van der Waals surface area contributed by atoms with Crippen LogP contribution >= 0.6 is 0 Å². The zero-order valence-electron chi connectivity index (χ0n) is 16.8. The molecule has 0 saturated carbocycles. The molecule has 0 aromatic heterocycles. The van der Waals surface area contributed by atoms with E-state index in [9.17, 15) is 13.2 Å². The third-order valence-electron chi connectivity index (χ3n) is 5.03. The molecule has 0 aliphatic carbocycles. The largest absolute Gasteiger partial charge is 0.497 e. The number of sulfonamides is 1. The highest BCUT2D eigenvalue weighted by molar-refractivity contribution is 7.89. The molecule has 2 aromatic rings. The lowest BCUT2D eigenvalue weighted by molar-refractivity contribution is 0.0956. The molecule has 1 amide bonds. The third kappa shape index (κ3) is 5.48. The normalized spacial score (nSPS) is 15.2. The van der Waals surface area contributed by atoms with Crippen LogP contribution in [0, 0.1) is 6.92 Å². The number of benzene rings is 2. The van der Waals surface area contributed by atoms with Crippen LogP contribution in [-0.4, -0.2) is 64.2 Å². The van der Waals surface area contributed by atoms with Gasteiger partial charge in [0.2, 0.25) is 10.0 Å². The van der Waals surface area contributed by atoms with E-state index in [-0.39, 0.29) is 18.2 Å². The molecule has 1 N–H and O–H groups in total. The van der Waals surface area contributed by atoms with E-state index < -0.39 is 10.0 Å². The zero-order chi connectivity index (χ0) is 20.9. The fourth-order valence-corrected chi connectivity index (χ4v) is 4.58. The average molecular weight is 418 g/mol. The summed E-state index contributed by atoms with van der Waals surface area (Å²) < 4.78 is 31.9. The van der Waals surface area contributed by atoms with Crippen LogP contribution in [0.4, 0.5) is 5.69 Å². The lowest BCUT2D eigenvalue weighted by atomic mass is 10.1. The van der Waals surface area contributed by atoms with Gasteiger partial charge < -0.3 is 15.0 Å². The highest BCUT2D eigenvalue weighted by atomic mass is 32.2. The molecular formula is C21H27N3O4S. The van der Waals surface area contributed by atoms with Gasteiger partial charge in [0.25, 0.3) is 5.91 Å². The van der Waals surface area contributed by atoms with Gasteiger partial charge in [-0.05, 0) is 43.3 Å². The second-order valence-electron chi connectivity index (χ2n) is 7.02. The van der Waals surface area contributed by atoms with Gasteiger partial charge in [0.05, 0.1) is 12.9 Å². The highest BCUT2D eigenvalue weighted by Gasteiger charge is 2.27. The summed E-state index contributed by atoms with van der Waals surface area (Å²) in [5, 5.41) is 2.69. The number of anilines is 1. The maximum Gasteiger partial charge on any atom is 0.251 e. The van der Waals surface area contributed by atoms with Crippen LogP contribution in [0.25, 0.3) is 0 Å². The summed E-state index contributed by atoms with van der Waals surface area (Å²) in [6.07, 6.45) is 0. The molecular weight excluding hydrogens is 390 g/mol. The molecule has 7 nitrogen and oxygen atoms in total. The van der Waals surface area contributed by atoms with Gasteiger partial charge >= 0.3 is 0 Å². The summed E-state index contributed by atoms with van der Waals surface area (Å²) >= 11 is 0. The van der Waals surface area contributed by atoms with E-state index >= 15 is 0 Å². The minimum Gasteiger partial charge on any atom is -0.497 e. The smallest absolute Gasteiger partial charge is 0.251 e. The van der Waals surface area contributed by atoms with Gasteiger partial charge in [0.15, 0.2) is 0 Å². The van der Waals surface area contributed by atoms with Gasteiger partial charge in [-0.1, -0.05) is 17.7 Å². The van der Waals surface area contributed by atoms with Crippen LogP contribution < -0.4 is 15.0 Å². The number of aryl methyl sites for hydroxylation is 1. The number of methoxy groups -OCH3 is 1. The van der Waals surface area contributed by atoms with Gasteiger partial charge in [-0.2, -0.15) is 4.31 Å². The zero-order valence-corrected chi connectivity index (χ0v) is 17.6. The van der Waals surface area contributed by atoms with Gasteiger partial charge in [-0.25, -0.2) is 8.42 Å². The fraction of sp³-hybridized carbons (Fsp3) is 0.381. The number of carbonyl (C=O) groups is 1. The third-order valence-corrected chi connectivity index (χ3v) is 6.90. The Kier molecular flexibility index (Phi) is 6.76. The van der Waals surface area contributed by atoms with Crippen molar-refractivity contribution >= 4 is 21.6 Å². The molecule has 8 heteroatoms. The fourth-order valence-electron chi connectivity index (χ4n) is 3.25. The molecule has 1 fully saturated rings. The number of carbonyl (C=O) groups excluding carboxylic acids is 1. The molecule has 1 heterocycles. The Morgan fingerprint density at radius 3 is 2.21 bits per heavy atom. The quantitative estimate of drug-likeness (QED) is 0.744. The van der Waals surface area contributed by atoms with Crippen molar-refractivity contribution in [3.63, 3.8) is 0 Å². The van der Waals surface area contributed by atoms with E-state index in [0.717, 1.165) is 17.0 Å². The molecule has 0 atom stereocenters. The second kappa shape index (κ2) is 9.28. The molecule has 0 spiro atoms. The lowest BCUT2D eigenvalue weighted by Crippen LogP contribution is -2.50. The first-order valence-corrected chi connectivity index (χ1v) is 11.2. The average Bonchev–Trinajstić information content (AvgIpc) is 2.74. The molecule has 1 aliphatic heterocycles. The number of hydrogen-bond donors (Lipinski definition) is 1. The van der Waals surface area contributed by atoms with E-state index in [1.54, 1.807) is 19.2 Å². The van der Waals surface area contributed by atoms with Crippen LogP contribution in [0.5, 0.6) is 5.75 Å². The first-order valence-electron chi connectivity index (χ1n) is 9.61. The summed E-state index contributed by atoms with van der Waals surface area (Å²) in [5.41, 5.74) is 2.65. The molecule has 1 saturated heterocycles. The first kappa shape index (κ1) is 21.1. The predicted molar refractivity (Wildman–Crippen MR) is 114 cm³/mol. The van der Waals surface area contributed by atoms with Crippen molar-refractivity contribution in [2.24, 2.45) is 0 Å². The Labute approximate surface area is 172 Å². The minimum absolute atomic E-state index is 0.0910. The molecule has 0 radical (unpaired) electrons. The summed E-state index contributed by atoms with van der Waals surface area (Å²) in [6.45, 7) is 4.15. The van der Waals surface area contributed by atoms with Crippen molar-refractivity contribution in [2.75, 3.05) is 50.5 Å². The van der Waals surface area contributed by atoms with Crippen LogP contribution in [0.3, 0.4) is 0 Å². The van der Waals surface area contributed by atoms with Crippen molar-refractivity contribution in [3.05, 3.63) is 59.7 Å². The highest BCUT2D eigenvalue weighted by Crippen LogP contribution is 2.21. The van der Waals surface area contributed by atoms with Gasteiger partial charge in [-0.3, -0.25) is 4.79 Å². The summed E-state index contributed by atoms with van der Waals surface area (Å²) in [7, 11) is -1.79. The minimum atomic E-state index is -3.41. The first-order chi connectivity index (χ1) is 13.9. The van der Waals surface area contributed by atoms with Crippen molar-refractivity contribution < 1.29 is 17.9 Å². The predicted octanol–water partition coefficient (Wildman–Crippen LogP) is 1.89. The number of piperazine rings is 1. The SMILES string of the molecule is COc1ccc(N2CCN(S(=O)(=O)CCNC(=O)c3ccc(C)cc3)CC2)cc1. The summed E-state index contributed by atoms with van der Waals surface area (Å²) in [5.74, 6) is 0.430. The van der Waals surface area contributed by atoms with Crippen LogP contribution in [0.2, 0.25) is 0 Å². The molecule has 1 aliphatic rings. The van der Waals surface area contributed by atoms with Crippen LogP contribution in [0.1, 0.15) is 15.9 Å². The van der Waals surface area contributed by atoms with E-state index in [2.05, 4.69) is 10.2 Å². The monoisotopic (exact) mass is 417 g/mol. The Balaban J connectivity index is 1.47. The van der Waals surface area contributed by atoms with Crippen molar-refractivity contribution in [1.82, 2.24) is 9.62 Å². The number of nitrogens with one attached hydrogen (secondary N) is 1. The number of hydrogen-bond acceptors (Lipinski definition) is 5. The number of rotatable bonds is 7. The molecule has 29 heavy (non-hydrogen) atoms. The Hall–Kier alpha value is -2.58. The van der Waals surface area contributed by atoms with Crippen molar-refractivity contribution in [3.8, 4) is 5.75 Å².